The molecule has 5 nitrogen and oxygen atoms in total. The summed E-state index contributed by atoms with van der Waals surface area (Å²) in [7, 11) is 0. The SMILES string of the molecule is CC(C)(C)NC(=O)C(=Cc1ccco1)NC(=O)c1ccccc1. The highest BCUT2D eigenvalue weighted by Crippen LogP contribution is 2.09. The fourth-order valence-electron chi connectivity index (χ4n) is 1.87. The van der Waals surface area contributed by atoms with Crippen molar-refractivity contribution >= 4 is 17.9 Å². The van der Waals surface area contributed by atoms with Crippen molar-refractivity contribution in [3.63, 3.8) is 0 Å². The molecule has 2 N–H and O–H groups in total. The third-order valence-electron chi connectivity index (χ3n) is 2.85. The predicted molar refractivity (Wildman–Crippen MR) is 88.5 cm³/mol. The first-order chi connectivity index (χ1) is 10.8. The van der Waals surface area contributed by atoms with Crippen LogP contribution in [0.15, 0.2) is 58.8 Å². The van der Waals surface area contributed by atoms with Crippen LogP contribution >= 0.6 is 0 Å². The lowest BCUT2D eigenvalue weighted by atomic mass is 10.1. The summed E-state index contributed by atoms with van der Waals surface area (Å²) in [4.78, 5) is 24.7. The minimum atomic E-state index is -0.420. The normalized spacial score (nSPS) is 11.9. The molecule has 0 saturated heterocycles. The molecule has 1 aromatic heterocycles. The number of hydrogen-bond acceptors (Lipinski definition) is 3. The largest absolute Gasteiger partial charge is 0.465 e. The van der Waals surface area contributed by atoms with Crippen LogP contribution in [-0.4, -0.2) is 17.4 Å². The van der Waals surface area contributed by atoms with Gasteiger partial charge in [0.1, 0.15) is 11.5 Å². The number of benzene rings is 1. The van der Waals surface area contributed by atoms with Crippen molar-refractivity contribution in [2.24, 2.45) is 0 Å². The van der Waals surface area contributed by atoms with E-state index < -0.39 is 5.54 Å². The van der Waals surface area contributed by atoms with Gasteiger partial charge in [-0.05, 0) is 45.0 Å². The molecular weight excluding hydrogens is 292 g/mol. The molecule has 0 aliphatic carbocycles. The van der Waals surface area contributed by atoms with Gasteiger partial charge >= 0.3 is 0 Å². The van der Waals surface area contributed by atoms with E-state index in [1.54, 1.807) is 36.4 Å². The summed E-state index contributed by atoms with van der Waals surface area (Å²) < 4.78 is 5.22. The molecule has 1 aromatic carbocycles. The van der Waals surface area contributed by atoms with E-state index in [2.05, 4.69) is 10.6 Å². The van der Waals surface area contributed by atoms with Gasteiger partial charge in [-0.2, -0.15) is 0 Å². The average Bonchev–Trinajstić information content (AvgIpc) is 2.98. The van der Waals surface area contributed by atoms with E-state index in [0.717, 1.165) is 0 Å². The standard InChI is InChI=1S/C18H20N2O3/c1-18(2,3)20-17(22)15(12-14-10-7-11-23-14)19-16(21)13-8-5-4-6-9-13/h4-12H,1-3H3,(H,19,21)(H,20,22). The van der Waals surface area contributed by atoms with Crippen LogP contribution in [0.25, 0.3) is 6.08 Å². The molecule has 0 bridgehead atoms. The molecule has 1 heterocycles. The number of furan rings is 1. The molecule has 23 heavy (non-hydrogen) atoms. The Morgan fingerprint density at radius 1 is 1.04 bits per heavy atom. The Hall–Kier alpha value is -2.82. The molecule has 120 valence electrons. The molecule has 0 radical (unpaired) electrons. The number of carbonyl (C=O) groups is 2. The predicted octanol–water partition coefficient (Wildman–Crippen LogP) is 2.97. The van der Waals surface area contributed by atoms with Crippen LogP contribution in [0.4, 0.5) is 0 Å². The zero-order valence-corrected chi connectivity index (χ0v) is 13.4. The van der Waals surface area contributed by atoms with Gasteiger partial charge in [0, 0.05) is 17.2 Å². The molecule has 0 aliphatic heterocycles. The van der Waals surface area contributed by atoms with Gasteiger partial charge in [0.05, 0.1) is 6.26 Å². The van der Waals surface area contributed by atoms with Crippen LogP contribution in [0.2, 0.25) is 0 Å². The maximum absolute atomic E-state index is 12.4. The Morgan fingerprint density at radius 3 is 2.30 bits per heavy atom. The lowest BCUT2D eigenvalue weighted by Crippen LogP contribution is -2.44. The van der Waals surface area contributed by atoms with Gasteiger partial charge in [0.2, 0.25) is 0 Å². The highest BCUT2D eigenvalue weighted by molar-refractivity contribution is 6.05. The number of rotatable bonds is 4. The smallest absolute Gasteiger partial charge is 0.268 e. The van der Waals surface area contributed by atoms with Crippen molar-refractivity contribution in [2.75, 3.05) is 0 Å². The van der Waals surface area contributed by atoms with Crippen molar-refractivity contribution in [1.82, 2.24) is 10.6 Å². The van der Waals surface area contributed by atoms with E-state index in [0.29, 0.717) is 11.3 Å². The number of hydrogen-bond donors (Lipinski definition) is 2. The molecule has 0 unspecified atom stereocenters. The third kappa shape index (κ3) is 5.14. The Labute approximate surface area is 135 Å². The van der Waals surface area contributed by atoms with E-state index in [9.17, 15) is 9.59 Å². The van der Waals surface area contributed by atoms with Gasteiger partial charge in [-0.1, -0.05) is 18.2 Å². The van der Waals surface area contributed by atoms with Crippen LogP contribution < -0.4 is 10.6 Å². The van der Waals surface area contributed by atoms with Crippen LogP contribution in [0, 0.1) is 0 Å². The van der Waals surface area contributed by atoms with Crippen LogP contribution in [0.3, 0.4) is 0 Å². The highest BCUT2D eigenvalue weighted by atomic mass is 16.3. The first-order valence-electron chi connectivity index (χ1n) is 7.29. The molecule has 0 aliphatic rings. The second kappa shape index (κ2) is 6.96. The molecule has 0 fully saturated rings. The topological polar surface area (TPSA) is 71.3 Å². The first-order valence-corrected chi connectivity index (χ1v) is 7.29. The van der Waals surface area contributed by atoms with Crippen molar-refractivity contribution in [2.45, 2.75) is 26.3 Å². The zero-order chi connectivity index (χ0) is 16.9. The van der Waals surface area contributed by atoms with Gasteiger partial charge in [0.25, 0.3) is 11.8 Å². The lowest BCUT2D eigenvalue weighted by molar-refractivity contribution is -0.119. The minimum Gasteiger partial charge on any atom is -0.465 e. The first kappa shape index (κ1) is 16.5. The monoisotopic (exact) mass is 312 g/mol. The van der Waals surface area contributed by atoms with Gasteiger partial charge < -0.3 is 15.1 Å². The van der Waals surface area contributed by atoms with Gasteiger partial charge in [0.15, 0.2) is 0 Å². The van der Waals surface area contributed by atoms with Crippen LogP contribution in [0.5, 0.6) is 0 Å². The van der Waals surface area contributed by atoms with Crippen molar-refractivity contribution in [3.8, 4) is 0 Å². The van der Waals surface area contributed by atoms with E-state index in [-0.39, 0.29) is 17.5 Å². The van der Waals surface area contributed by atoms with Crippen molar-refractivity contribution in [1.29, 1.82) is 0 Å². The number of nitrogens with one attached hydrogen (secondary N) is 2. The quantitative estimate of drug-likeness (QED) is 0.853. The van der Waals surface area contributed by atoms with Crippen LogP contribution in [0.1, 0.15) is 36.9 Å². The summed E-state index contributed by atoms with van der Waals surface area (Å²) >= 11 is 0. The summed E-state index contributed by atoms with van der Waals surface area (Å²) in [5.41, 5.74) is 0.182. The minimum absolute atomic E-state index is 0.128. The summed E-state index contributed by atoms with van der Waals surface area (Å²) in [6, 6.07) is 12.1. The van der Waals surface area contributed by atoms with Crippen molar-refractivity contribution in [3.05, 3.63) is 65.7 Å². The summed E-state index contributed by atoms with van der Waals surface area (Å²) in [5.74, 6) is -0.247. The molecule has 2 aromatic rings. The van der Waals surface area contributed by atoms with E-state index >= 15 is 0 Å². The Kier molecular flexibility index (Phi) is 5.01. The third-order valence-corrected chi connectivity index (χ3v) is 2.85. The molecular formula is C18H20N2O3. The maximum atomic E-state index is 12.4. The highest BCUT2D eigenvalue weighted by Gasteiger charge is 2.20. The summed E-state index contributed by atoms with van der Waals surface area (Å²) in [6.07, 6.45) is 3.01. The lowest BCUT2D eigenvalue weighted by Gasteiger charge is -2.21. The van der Waals surface area contributed by atoms with Gasteiger partial charge in [-0.3, -0.25) is 9.59 Å². The van der Waals surface area contributed by atoms with Gasteiger partial charge in [-0.25, -0.2) is 0 Å². The van der Waals surface area contributed by atoms with Crippen molar-refractivity contribution < 1.29 is 14.0 Å². The molecule has 5 heteroatoms. The fraction of sp³-hybridized carbons (Fsp3) is 0.222. The average molecular weight is 312 g/mol. The summed E-state index contributed by atoms with van der Waals surface area (Å²) in [5, 5.41) is 5.47. The molecule has 2 rings (SSSR count). The van der Waals surface area contributed by atoms with Crippen LogP contribution in [-0.2, 0) is 4.79 Å². The Balaban J connectivity index is 2.24. The molecule has 0 spiro atoms. The Bertz CT molecular complexity index is 696. The van der Waals surface area contributed by atoms with E-state index in [4.69, 9.17) is 4.42 Å². The zero-order valence-electron chi connectivity index (χ0n) is 13.4. The molecule has 2 amide bonds. The fourth-order valence-corrected chi connectivity index (χ4v) is 1.87. The molecule has 0 atom stereocenters. The Morgan fingerprint density at radius 2 is 1.74 bits per heavy atom. The molecule has 0 saturated carbocycles. The maximum Gasteiger partial charge on any atom is 0.268 e. The second-order valence-corrected chi connectivity index (χ2v) is 6.10. The number of carbonyl (C=O) groups excluding carboxylic acids is 2. The van der Waals surface area contributed by atoms with E-state index in [1.807, 2.05) is 26.8 Å². The van der Waals surface area contributed by atoms with Gasteiger partial charge in [-0.15, -0.1) is 0 Å². The number of amides is 2. The second-order valence-electron chi connectivity index (χ2n) is 6.10. The summed E-state index contributed by atoms with van der Waals surface area (Å²) in [6.45, 7) is 5.61. The van der Waals surface area contributed by atoms with E-state index in [1.165, 1.54) is 12.3 Å².